The highest BCUT2D eigenvalue weighted by molar-refractivity contribution is 5.65. The van der Waals surface area contributed by atoms with Gasteiger partial charge in [-0.2, -0.15) is 0 Å². The van der Waals surface area contributed by atoms with Gasteiger partial charge in [0.05, 0.1) is 5.69 Å². The van der Waals surface area contributed by atoms with E-state index in [2.05, 4.69) is 58.2 Å². The molecule has 2 aliphatic rings. The van der Waals surface area contributed by atoms with Crippen LogP contribution in [0.4, 0.5) is 11.5 Å². The van der Waals surface area contributed by atoms with E-state index in [0.29, 0.717) is 0 Å². The van der Waals surface area contributed by atoms with Gasteiger partial charge in [-0.3, -0.25) is 4.90 Å². The molecule has 0 radical (unpaired) electrons. The van der Waals surface area contributed by atoms with Crippen molar-refractivity contribution in [1.82, 2.24) is 14.8 Å². The summed E-state index contributed by atoms with van der Waals surface area (Å²) in [5, 5.41) is 0. The molecule has 1 saturated heterocycles. The van der Waals surface area contributed by atoms with Gasteiger partial charge in [0.25, 0.3) is 0 Å². The maximum atomic E-state index is 5.90. The number of likely N-dealkylation sites (N-methyl/N-ethyl adjacent to an activating group) is 1. The number of rotatable bonds is 4. The van der Waals surface area contributed by atoms with Crippen LogP contribution in [0.1, 0.15) is 17.7 Å². The fourth-order valence-corrected chi connectivity index (χ4v) is 3.85. The number of nitrogens with zero attached hydrogens (tertiary/aromatic N) is 4. The van der Waals surface area contributed by atoms with Crippen LogP contribution in [-0.2, 0) is 6.54 Å². The first kappa shape index (κ1) is 18.0. The summed E-state index contributed by atoms with van der Waals surface area (Å²) in [5.74, 6) is 1.11. The number of anilines is 2. The molecule has 0 unspecified atom stereocenters. The largest absolute Gasteiger partial charge is 0.399 e. The summed E-state index contributed by atoms with van der Waals surface area (Å²) in [6.45, 7) is 7.29. The minimum atomic E-state index is 0.839. The highest BCUT2D eigenvalue weighted by Gasteiger charge is 2.18. The Morgan fingerprint density at radius 1 is 1.00 bits per heavy atom. The van der Waals surface area contributed by atoms with E-state index >= 15 is 0 Å². The molecular formula is C22H29N5. The van der Waals surface area contributed by atoms with Gasteiger partial charge in [0, 0.05) is 51.5 Å². The Balaban J connectivity index is 1.41. The second kappa shape index (κ2) is 8.11. The number of pyridine rings is 1. The third kappa shape index (κ3) is 4.49. The van der Waals surface area contributed by atoms with E-state index in [0.717, 1.165) is 69.4 Å². The van der Waals surface area contributed by atoms with E-state index in [9.17, 15) is 0 Å². The first-order chi connectivity index (χ1) is 13.2. The normalized spacial score (nSPS) is 19.1. The zero-order valence-electron chi connectivity index (χ0n) is 16.1. The van der Waals surface area contributed by atoms with Gasteiger partial charge in [-0.25, -0.2) is 4.98 Å². The Morgan fingerprint density at radius 2 is 1.81 bits per heavy atom. The number of aromatic nitrogens is 1. The van der Waals surface area contributed by atoms with Gasteiger partial charge in [0.2, 0.25) is 0 Å². The van der Waals surface area contributed by atoms with Crippen molar-refractivity contribution in [3.63, 3.8) is 0 Å². The minimum absolute atomic E-state index is 0.839. The van der Waals surface area contributed by atoms with Crippen LogP contribution in [0.25, 0.3) is 5.57 Å². The zero-order chi connectivity index (χ0) is 18.6. The molecule has 0 amide bonds. The van der Waals surface area contributed by atoms with E-state index in [4.69, 9.17) is 10.7 Å². The van der Waals surface area contributed by atoms with Crippen molar-refractivity contribution >= 4 is 17.1 Å². The van der Waals surface area contributed by atoms with E-state index in [-0.39, 0.29) is 0 Å². The highest BCUT2D eigenvalue weighted by Crippen LogP contribution is 2.24. The molecule has 27 heavy (non-hydrogen) atoms. The molecule has 1 aromatic heterocycles. The van der Waals surface area contributed by atoms with Gasteiger partial charge in [-0.05, 0) is 48.9 Å². The average Bonchev–Trinajstić information content (AvgIpc) is 2.69. The van der Waals surface area contributed by atoms with Gasteiger partial charge >= 0.3 is 0 Å². The predicted molar refractivity (Wildman–Crippen MR) is 113 cm³/mol. The fraction of sp³-hybridized carbons (Fsp3) is 0.409. The second-order valence-electron chi connectivity index (χ2n) is 7.63. The van der Waals surface area contributed by atoms with Crippen molar-refractivity contribution < 1.29 is 0 Å². The fourth-order valence-electron chi connectivity index (χ4n) is 3.85. The van der Waals surface area contributed by atoms with Crippen molar-refractivity contribution in [2.75, 3.05) is 56.9 Å². The SMILES string of the molecule is CN1CCN(c2cccc(C3=CCN(Cc4cccc(N)c4)CC3)n2)CC1. The van der Waals surface area contributed by atoms with E-state index in [1.165, 1.54) is 11.1 Å². The number of nitrogens with two attached hydrogens (primary N) is 1. The Kier molecular flexibility index (Phi) is 5.41. The molecule has 2 N–H and O–H groups in total. The minimum Gasteiger partial charge on any atom is -0.399 e. The van der Waals surface area contributed by atoms with E-state index in [1.807, 2.05) is 12.1 Å². The van der Waals surface area contributed by atoms with Crippen molar-refractivity contribution in [1.29, 1.82) is 0 Å². The third-order valence-corrected chi connectivity index (χ3v) is 5.54. The van der Waals surface area contributed by atoms with Gasteiger partial charge in [0.1, 0.15) is 5.82 Å². The molecule has 0 bridgehead atoms. The lowest BCUT2D eigenvalue weighted by Crippen LogP contribution is -2.44. The lowest BCUT2D eigenvalue weighted by molar-refractivity contribution is 0.294. The molecule has 0 saturated carbocycles. The first-order valence-electron chi connectivity index (χ1n) is 9.84. The molecule has 2 aliphatic heterocycles. The van der Waals surface area contributed by atoms with Crippen LogP contribution in [0.2, 0.25) is 0 Å². The molecule has 0 spiro atoms. The maximum absolute atomic E-state index is 5.90. The highest BCUT2D eigenvalue weighted by atomic mass is 15.3. The molecule has 3 heterocycles. The molecule has 0 aliphatic carbocycles. The lowest BCUT2D eigenvalue weighted by atomic mass is 10.0. The first-order valence-corrected chi connectivity index (χ1v) is 9.84. The van der Waals surface area contributed by atoms with E-state index < -0.39 is 0 Å². The van der Waals surface area contributed by atoms with Crippen molar-refractivity contribution in [2.24, 2.45) is 0 Å². The van der Waals surface area contributed by atoms with Crippen molar-refractivity contribution in [2.45, 2.75) is 13.0 Å². The average molecular weight is 364 g/mol. The summed E-state index contributed by atoms with van der Waals surface area (Å²) in [5.41, 5.74) is 10.5. The summed E-state index contributed by atoms with van der Waals surface area (Å²) in [7, 11) is 2.18. The molecule has 142 valence electrons. The van der Waals surface area contributed by atoms with Crippen LogP contribution in [0.3, 0.4) is 0 Å². The summed E-state index contributed by atoms with van der Waals surface area (Å²) in [6, 6.07) is 14.6. The van der Waals surface area contributed by atoms with Crippen LogP contribution >= 0.6 is 0 Å². The summed E-state index contributed by atoms with van der Waals surface area (Å²) >= 11 is 0. The Hall–Kier alpha value is -2.37. The van der Waals surface area contributed by atoms with Gasteiger partial charge in [-0.15, -0.1) is 0 Å². The number of hydrogen-bond acceptors (Lipinski definition) is 5. The summed E-state index contributed by atoms with van der Waals surface area (Å²) < 4.78 is 0. The van der Waals surface area contributed by atoms with Crippen LogP contribution in [0.15, 0.2) is 48.5 Å². The van der Waals surface area contributed by atoms with Crippen molar-refractivity contribution in [3.05, 3.63) is 59.8 Å². The number of hydrogen-bond donors (Lipinski definition) is 1. The Labute approximate surface area is 162 Å². The number of nitrogen functional groups attached to an aromatic ring is 1. The second-order valence-corrected chi connectivity index (χ2v) is 7.63. The molecule has 1 aromatic carbocycles. The monoisotopic (exact) mass is 363 g/mol. The molecule has 1 fully saturated rings. The van der Waals surface area contributed by atoms with Crippen LogP contribution in [0.5, 0.6) is 0 Å². The van der Waals surface area contributed by atoms with Crippen LogP contribution in [0, 0.1) is 0 Å². The number of benzene rings is 1. The summed E-state index contributed by atoms with van der Waals surface area (Å²) in [6.07, 6.45) is 3.38. The van der Waals surface area contributed by atoms with Gasteiger partial charge < -0.3 is 15.5 Å². The van der Waals surface area contributed by atoms with Gasteiger partial charge in [-0.1, -0.05) is 24.3 Å². The topological polar surface area (TPSA) is 48.6 Å². The molecule has 5 nitrogen and oxygen atoms in total. The Morgan fingerprint density at radius 3 is 2.56 bits per heavy atom. The predicted octanol–water partition coefficient (Wildman–Crippen LogP) is 2.70. The number of piperazine rings is 1. The zero-order valence-corrected chi connectivity index (χ0v) is 16.1. The van der Waals surface area contributed by atoms with E-state index in [1.54, 1.807) is 0 Å². The maximum Gasteiger partial charge on any atom is 0.129 e. The molecule has 4 rings (SSSR count). The van der Waals surface area contributed by atoms with Crippen LogP contribution < -0.4 is 10.6 Å². The lowest BCUT2D eigenvalue weighted by Gasteiger charge is -2.33. The standard InChI is InChI=1S/C22H29N5/c1-25-12-14-27(15-13-25)22-7-3-6-21(24-22)19-8-10-26(11-9-19)17-18-4-2-5-20(23)16-18/h2-8,16H,9-15,17,23H2,1H3. The molecule has 2 aromatic rings. The van der Waals surface area contributed by atoms with Crippen LogP contribution in [-0.4, -0.2) is 61.1 Å². The van der Waals surface area contributed by atoms with Gasteiger partial charge in [0.15, 0.2) is 0 Å². The third-order valence-electron chi connectivity index (χ3n) is 5.54. The molecular weight excluding hydrogens is 334 g/mol. The quantitative estimate of drug-likeness (QED) is 0.847. The smallest absolute Gasteiger partial charge is 0.129 e. The molecule has 0 atom stereocenters. The van der Waals surface area contributed by atoms with Crippen molar-refractivity contribution in [3.8, 4) is 0 Å². The Bertz CT molecular complexity index is 808. The molecule has 5 heteroatoms. The summed E-state index contributed by atoms with van der Waals surface area (Å²) in [4.78, 5) is 12.2.